The third-order valence-corrected chi connectivity index (χ3v) is 8.87. The smallest absolute Gasteiger partial charge is 0.255 e. The minimum atomic E-state index is -2.66. The quantitative estimate of drug-likeness (QED) is 0.354. The van der Waals surface area contributed by atoms with E-state index >= 15 is 0 Å². The van der Waals surface area contributed by atoms with Crippen LogP contribution in [0.4, 0.5) is 0 Å². The lowest BCUT2D eigenvalue weighted by Gasteiger charge is -2.50. The monoisotopic (exact) mass is 554 g/mol. The number of carbonyl (C=O) groups is 3. The maximum atomic E-state index is 13.8. The molecule has 0 saturated carbocycles. The number of aromatic hydroxyl groups is 1. The number of ketones is 2. The summed E-state index contributed by atoms with van der Waals surface area (Å²) in [4.78, 5) is 40.8. The molecular weight excluding hydrogens is 524 g/mol. The number of allylic oxidation sites excluding steroid dienone is 4. The second-order valence-electron chi connectivity index (χ2n) is 11.0. The highest BCUT2D eigenvalue weighted by molar-refractivity contribution is 6.34. The Labute approximate surface area is 230 Å². The molecule has 1 aromatic rings. The largest absolute Gasteiger partial charge is 0.510 e. The van der Waals surface area contributed by atoms with Crippen molar-refractivity contribution in [3.63, 3.8) is 0 Å². The van der Waals surface area contributed by atoms with E-state index in [9.17, 15) is 34.8 Å². The molecule has 0 radical (unpaired) electrons. The van der Waals surface area contributed by atoms with Gasteiger partial charge >= 0.3 is 0 Å². The number of aliphatic hydroxyl groups is 3. The van der Waals surface area contributed by atoms with E-state index in [-0.39, 0.29) is 29.7 Å². The molecular formula is C29H31ClN2O7. The lowest BCUT2D eigenvalue weighted by molar-refractivity contribution is -0.148. The summed E-state index contributed by atoms with van der Waals surface area (Å²) in [5, 5.41) is 45.2. The fourth-order valence-corrected chi connectivity index (χ4v) is 6.98. The van der Waals surface area contributed by atoms with Gasteiger partial charge in [-0.2, -0.15) is 0 Å². The maximum Gasteiger partial charge on any atom is 0.255 e. The highest BCUT2D eigenvalue weighted by Gasteiger charge is 2.63. The average Bonchev–Trinajstić information content (AvgIpc) is 2.88. The second kappa shape index (κ2) is 9.66. The van der Waals surface area contributed by atoms with Crippen molar-refractivity contribution in [1.29, 1.82) is 0 Å². The topological polar surface area (TPSA) is 161 Å². The number of aliphatic hydroxyl groups excluding tert-OH is 2. The Morgan fingerprint density at radius 2 is 1.90 bits per heavy atom. The zero-order valence-corrected chi connectivity index (χ0v) is 22.5. The van der Waals surface area contributed by atoms with Crippen molar-refractivity contribution in [3.05, 3.63) is 68.2 Å². The predicted molar refractivity (Wildman–Crippen MR) is 144 cm³/mol. The number of nitrogens with zero attached hydrogens (tertiary/aromatic N) is 1. The van der Waals surface area contributed by atoms with Crippen LogP contribution in [-0.4, -0.2) is 68.5 Å². The standard InChI is InChI=1S/C29H31ClN2O7/c1-32(2)23-17-11-15-10-16-14(12-18(30)13-6-4-3-5-7-13)8-9-19(33)21(16)24(34)20(15)26(36)29(17,39)27(37)22(25(23)35)28(31)38/h6,8-9,12,15,17,23,33,35-36,39H,3-5,7,10-11H2,1-2H3,(H2,31,38)/b18-12-/t15-,17-,23-,29-/m1/s1. The number of hydrogen-bond donors (Lipinski definition) is 5. The number of fused-ring (bicyclic) bond motifs is 3. The van der Waals surface area contributed by atoms with E-state index in [4.69, 9.17) is 17.3 Å². The van der Waals surface area contributed by atoms with E-state index in [0.29, 0.717) is 16.2 Å². The van der Waals surface area contributed by atoms with Crippen LogP contribution in [0.15, 0.2) is 51.5 Å². The molecule has 0 bridgehead atoms. The average molecular weight is 555 g/mol. The van der Waals surface area contributed by atoms with Crippen molar-refractivity contribution >= 4 is 35.2 Å². The summed E-state index contributed by atoms with van der Waals surface area (Å²) < 4.78 is 0. The molecule has 0 aliphatic heterocycles. The molecule has 1 amide bonds. The van der Waals surface area contributed by atoms with Crippen LogP contribution in [-0.2, 0) is 16.0 Å². The Morgan fingerprint density at radius 1 is 1.18 bits per heavy atom. The van der Waals surface area contributed by atoms with Crippen LogP contribution in [0.5, 0.6) is 5.75 Å². The lowest BCUT2D eigenvalue weighted by Crippen LogP contribution is -2.63. The van der Waals surface area contributed by atoms with Crippen molar-refractivity contribution in [1.82, 2.24) is 4.90 Å². The number of nitrogens with two attached hydrogens (primary N) is 1. The number of phenols is 1. The highest BCUT2D eigenvalue weighted by Crippen LogP contribution is 2.52. The highest BCUT2D eigenvalue weighted by atomic mass is 35.5. The molecule has 0 unspecified atom stereocenters. The molecule has 0 saturated heterocycles. The molecule has 0 fully saturated rings. The molecule has 10 heteroatoms. The number of halogens is 1. The van der Waals surface area contributed by atoms with Gasteiger partial charge in [0.2, 0.25) is 5.78 Å². The number of primary amides is 1. The molecule has 4 aliphatic carbocycles. The number of amides is 1. The first-order valence-corrected chi connectivity index (χ1v) is 13.3. The molecule has 4 aliphatic rings. The molecule has 5 rings (SSSR count). The zero-order chi connectivity index (χ0) is 28.4. The van der Waals surface area contributed by atoms with Crippen LogP contribution in [0.2, 0.25) is 0 Å². The minimum absolute atomic E-state index is 0.0312. The Morgan fingerprint density at radius 3 is 2.51 bits per heavy atom. The molecule has 0 aromatic heterocycles. The Balaban J connectivity index is 1.66. The zero-order valence-electron chi connectivity index (χ0n) is 21.7. The van der Waals surface area contributed by atoms with Gasteiger partial charge in [-0.3, -0.25) is 19.3 Å². The SMILES string of the molecule is CN(C)[C@H]1C(O)=C(C(N)=O)C(=O)[C@]2(O)C(O)=C3C(=O)c4c(O)ccc(/C=C(\Cl)C5=CCCCC5)c4C[C@@H]3C[C@H]12. The molecule has 9 nitrogen and oxygen atoms in total. The van der Waals surface area contributed by atoms with E-state index in [0.717, 1.165) is 31.3 Å². The number of carbonyl (C=O) groups excluding carboxylic acids is 3. The summed E-state index contributed by atoms with van der Waals surface area (Å²) in [5.41, 5.74) is 3.87. The van der Waals surface area contributed by atoms with Gasteiger partial charge in [0.1, 0.15) is 22.8 Å². The van der Waals surface area contributed by atoms with Gasteiger partial charge in [-0.25, -0.2) is 0 Å². The number of phenolic OH excluding ortho intramolecular Hbond substituents is 1. The minimum Gasteiger partial charge on any atom is -0.510 e. The van der Waals surface area contributed by atoms with Crippen molar-refractivity contribution < 1.29 is 34.8 Å². The first kappa shape index (κ1) is 27.2. The van der Waals surface area contributed by atoms with Crippen LogP contribution in [0.25, 0.3) is 6.08 Å². The van der Waals surface area contributed by atoms with Gasteiger partial charge in [-0.05, 0) is 87.4 Å². The second-order valence-corrected chi connectivity index (χ2v) is 11.4. The van der Waals surface area contributed by atoms with Gasteiger partial charge < -0.3 is 26.2 Å². The first-order valence-electron chi connectivity index (χ1n) is 13.0. The molecule has 4 atom stereocenters. The number of Topliss-reactive ketones (excluding diaryl/α,β-unsaturated/α-hetero) is 2. The summed E-state index contributed by atoms with van der Waals surface area (Å²) in [6.07, 6.45) is 8.04. The molecule has 206 valence electrons. The Kier molecular flexibility index (Phi) is 6.73. The Bertz CT molecular complexity index is 1440. The third kappa shape index (κ3) is 4.02. The maximum absolute atomic E-state index is 13.8. The van der Waals surface area contributed by atoms with Gasteiger partial charge in [0.15, 0.2) is 11.4 Å². The van der Waals surface area contributed by atoms with Crippen LogP contribution in [0.3, 0.4) is 0 Å². The number of likely N-dealkylation sites (N-methyl/N-ethyl adjacent to an activating group) is 1. The number of hydrogen-bond acceptors (Lipinski definition) is 8. The normalized spacial score (nSPS) is 29.2. The summed E-state index contributed by atoms with van der Waals surface area (Å²) >= 11 is 6.66. The van der Waals surface area contributed by atoms with Crippen LogP contribution < -0.4 is 5.73 Å². The van der Waals surface area contributed by atoms with E-state index in [2.05, 4.69) is 6.08 Å². The Hall–Kier alpha value is -3.40. The van der Waals surface area contributed by atoms with Crippen LogP contribution in [0, 0.1) is 11.8 Å². The summed E-state index contributed by atoms with van der Waals surface area (Å²) in [7, 11) is 3.19. The number of benzene rings is 1. The van der Waals surface area contributed by atoms with Crippen molar-refractivity contribution in [2.45, 2.75) is 50.2 Å². The third-order valence-electron chi connectivity index (χ3n) is 8.52. The molecule has 0 spiro atoms. The van der Waals surface area contributed by atoms with E-state index in [1.54, 1.807) is 26.2 Å². The van der Waals surface area contributed by atoms with Crippen molar-refractivity contribution in [3.8, 4) is 5.75 Å². The predicted octanol–water partition coefficient (Wildman–Crippen LogP) is 3.20. The fraction of sp³-hybridized carbons (Fsp3) is 0.414. The van der Waals surface area contributed by atoms with Gasteiger partial charge in [0.05, 0.1) is 11.6 Å². The van der Waals surface area contributed by atoms with Gasteiger partial charge in [0.25, 0.3) is 5.91 Å². The molecule has 1 aromatic carbocycles. The number of rotatable bonds is 4. The molecule has 6 N–H and O–H groups in total. The van der Waals surface area contributed by atoms with Crippen molar-refractivity contribution in [2.24, 2.45) is 17.6 Å². The van der Waals surface area contributed by atoms with Gasteiger partial charge in [-0.1, -0.05) is 23.7 Å². The summed E-state index contributed by atoms with van der Waals surface area (Å²) in [5.74, 6) is -6.73. The molecule has 0 heterocycles. The van der Waals surface area contributed by atoms with Gasteiger partial charge in [-0.15, -0.1) is 0 Å². The summed E-state index contributed by atoms with van der Waals surface area (Å²) in [6, 6.07) is 2.02. The van der Waals surface area contributed by atoms with Crippen LogP contribution >= 0.6 is 11.6 Å². The summed E-state index contributed by atoms with van der Waals surface area (Å²) in [6.45, 7) is 0. The lowest BCUT2D eigenvalue weighted by atomic mass is 9.58. The van der Waals surface area contributed by atoms with E-state index < -0.39 is 58.0 Å². The van der Waals surface area contributed by atoms with E-state index in [1.807, 2.05) is 0 Å². The molecule has 39 heavy (non-hydrogen) atoms. The van der Waals surface area contributed by atoms with Gasteiger partial charge in [0, 0.05) is 16.5 Å². The van der Waals surface area contributed by atoms with Crippen molar-refractivity contribution in [2.75, 3.05) is 14.1 Å². The van der Waals surface area contributed by atoms with Crippen LogP contribution in [0.1, 0.15) is 53.6 Å². The first-order chi connectivity index (χ1) is 18.4. The fourth-order valence-electron chi connectivity index (χ4n) is 6.69. The van der Waals surface area contributed by atoms with E-state index in [1.165, 1.54) is 11.0 Å².